The summed E-state index contributed by atoms with van der Waals surface area (Å²) in [7, 11) is 5.68. The molecule has 0 saturated carbocycles. The molecule has 0 bridgehead atoms. The number of nitrogens with one attached hydrogen (secondary N) is 2. The molecule has 25 heavy (non-hydrogen) atoms. The molecular formula is C19H26N4O2. The fourth-order valence-corrected chi connectivity index (χ4v) is 2.36. The molecule has 1 aromatic heterocycles. The summed E-state index contributed by atoms with van der Waals surface area (Å²) in [6.07, 6.45) is 2.61. The summed E-state index contributed by atoms with van der Waals surface area (Å²) >= 11 is 0. The van der Waals surface area contributed by atoms with Gasteiger partial charge in [0.15, 0.2) is 0 Å². The van der Waals surface area contributed by atoms with Crippen molar-refractivity contribution in [2.24, 2.45) is 0 Å². The summed E-state index contributed by atoms with van der Waals surface area (Å²) in [5, 5.41) is 6.13. The highest BCUT2D eigenvalue weighted by Gasteiger charge is 2.10. The number of pyridine rings is 1. The van der Waals surface area contributed by atoms with Crippen molar-refractivity contribution < 1.29 is 9.53 Å². The zero-order valence-corrected chi connectivity index (χ0v) is 15.3. The number of carbonyl (C=O) groups is 1. The standard InChI is InChI=1S/C19H26N4O2/c1-14-6-8-17(25-4)16(12-14)22-19(24)15-7-9-18(21-13-15)20-10-5-11-23(2)3/h6-9,12-13H,5,10-11H2,1-4H3,(H,20,21)(H,22,24). The molecule has 2 aromatic rings. The fourth-order valence-electron chi connectivity index (χ4n) is 2.36. The van der Waals surface area contributed by atoms with Gasteiger partial charge in [0.25, 0.3) is 5.91 Å². The van der Waals surface area contributed by atoms with Gasteiger partial charge in [-0.3, -0.25) is 4.79 Å². The van der Waals surface area contributed by atoms with Crippen molar-refractivity contribution in [3.05, 3.63) is 47.7 Å². The normalized spacial score (nSPS) is 10.6. The molecule has 6 heteroatoms. The van der Waals surface area contributed by atoms with Crippen LogP contribution in [0.25, 0.3) is 0 Å². The molecule has 0 spiro atoms. The number of aryl methyl sites for hydroxylation is 1. The number of methoxy groups -OCH3 is 1. The number of hydrogen-bond donors (Lipinski definition) is 2. The van der Waals surface area contributed by atoms with Gasteiger partial charge in [-0.25, -0.2) is 4.98 Å². The lowest BCUT2D eigenvalue weighted by atomic mass is 10.2. The van der Waals surface area contributed by atoms with Crippen molar-refractivity contribution in [3.8, 4) is 5.75 Å². The van der Waals surface area contributed by atoms with E-state index in [0.717, 1.165) is 30.9 Å². The van der Waals surface area contributed by atoms with E-state index in [-0.39, 0.29) is 5.91 Å². The van der Waals surface area contributed by atoms with E-state index in [9.17, 15) is 4.79 Å². The topological polar surface area (TPSA) is 66.5 Å². The summed E-state index contributed by atoms with van der Waals surface area (Å²) < 4.78 is 5.28. The molecular weight excluding hydrogens is 316 g/mol. The van der Waals surface area contributed by atoms with E-state index in [1.54, 1.807) is 19.4 Å². The highest BCUT2D eigenvalue weighted by atomic mass is 16.5. The lowest BCUT2D eigenvalue weighted by Gasteiger charge is -2.12. The van der Waals surface area contributed by atoms with Gasteiger partial charge in [-0.2, -0.15) is 0 Å². The van der Waals surface area contributed by atoms with E-state index in [1.165, 1.54) is 0 Å². The van der Waals surface area contributed by atoms with Crippen LogP contribution in [0.2, 0.25) is 0 Å². The Morgan fingerprint density at radius 1 is 1.24 bits per heavy atom. The average molecular weight is 342 g/mol. The van der Waals surface area contributed by atoms with E-state index < -0.39 is 0 Å². The number of hydrogen-bond acceptors (Lipinski definition) is 5. The Balaban J connectivity index is 1.95. The first-order chi connectivity index (χ1) is 12.0. The SMILES string of the molecule is COc1ccc(C)cc1NC(=O)c1ccc(NCCCN(C)C)nc1. The van der Waals surface area contributed by atoms with Crippen LogP contribution < -0.4 is 15.4 Å². The summed E-state index contributed by atoms with van der Waals surface area (Å²) in [5.41, 5.74) is 2.20. The second kappa shape index (κ2) is 9.03. The van der Waals surface area contributed by atoms with E-state index in [0.29, 0.717) is 17.0 Å². The third kappa shape index (κ3) is 5.76. The average Bonchev–Trinajstić information content (AvgIpc) is 2.59. The van der Waals surface area contributed by atoms with Gasteiger partial charge in [0.05, 0.1) is 18.4 Å². The highest BCUT2D eigenvalue weighted by molar-refractivity contribution is 6.05. The third-order valence-electron chi connectivity index (χ3n) is 3.72. The lowest BCUT2D eigenvalue weighted by Crippen LogP contribution is -2.17. The van der Waals surface area contributed by atoms with Crippen molar-refractivity contribution >= 4 is 17.4 Å². The summed E-state index contributed by atoms with van der Waals surface area (Å²) in [5.74, 6) is 1.19. The molecule has 2 rings (SSSR count). The third-order valence-corrected chi connectivity index (χ3v) is 3.72. The maximum atomic E-state index is 12.4. The molecule has 1 aromatic carbocycles. The van der Waals surface area contributed by atoms with Crippen LogP contribution in [0.15, 0.2) is 36.5 Å². The second-order valence-electron chi connectivity index (χ2n) is 6.17. The predicted octanol–water partition coefficient (Wildman–Crippen LogP) is 3.01. The summed E-state index contributed by atoms with van der Waals surface area (Å²) in [6, 6.07) is 9.23. The molecule has 134 valence electrons. The second-order valence-corrected chi connectivity index (χ2v) is 6.17. The molecule has 0 aliphatic heterocycles. The maximum Gasteiger partial charge on any atom is 0.257 e. The molecule has 0 aliphatic rings. The van der Waals surface area contributed by atoms with Crippen LogP contribution in [0.3, 0.4) is 0 Å². The van der Waals surface area contributed by atoms with Gasteiger partial charge in [-0.05, 0) is 63.8 Å². The van der Waals surface area contributed by atoms with Crippen LogP contribution in [0.1, 0.15) is 22.3 Å². The first kappa shape index (κ1) is 18.7. The largest absolute Gasteiger partial charge is 0.495 e. The van der Waals surface area contributed by atoms with E-state index in [2.05, 4.69) is 34.6 Å². The van der Waals surface area contributed by atoms with Crippen LogP contribution in [0, 0.1) is 6.92 Å². The first-order valence-electron chi connectivity index (χ1n) is 8.30. The van der Waals surface area contributed by atoms with Crippen molar-refractivity contribution in [2.75, 3.05) is 44.9 Å². The zero-order valence-electron chi connectivity index (χ0n) is 15.3. The van der Waals surface area contributed by atoms with Crippen molar-refractivity contribution in [3.63, 3.8) is 0 Å². The minimum atomic E-state index is -0.212. The molecule has 0 fully saturated rings. The predicted molar refractivity (Wildman–Crippen MR) is 102 cm³/mol. The molecule has 1 amide bonds. The molecule has 6 nitrogen and oxygen atoms in total. The van der Waals surface area contributed by atoms with Gasteiger partial charge in [-0.1, -0.05) is 6.07 Å². The number of anilines is 2. The summed E-state index contributed by atoms with van der Waals surface area (Å²) in [4.78, 5) is 18.8. The fraction of sp³-hybridized carbons (Fsp3) is 0.368. The Kier molecular flexibility index (Phi) is 6.77. The molecule has 2 N–H and O–H groups in total. The highest BCUT2D eigenvalue weighted by Crippen LogP contribution is 2.25. The molecule has 1 heterocycles. The quantitative estimate of drug-likeness (QED) is 0.722. The van der Waals surface area contributed by atoms with E-state index in [4.69, 9.17) is 4.74 Å². The Labute approximate surface area is 149 Å². The van der Waals surface area contributed by atoms with Crippen molar-refractivity contribution in [2.45, 2.75) is 13.3 Å². The molecule has 0 aliphatic carbocycles. The van der Waals surface area contributed by atoms with Crippen LogP contribution in [-0.2, 0) is 0 Å². The number of aromatic nitrogens is 1. The van der Waals surface area contributed by atoms with Crippen LogP contribution in [0.4, 0.5) is 11.5 Å². The van der Waals surface area contributed by atoms with Gasteiger partial charge >= 0.3 is 0 Å². The van der Waals surface area contributed by atoms with Crippen molar-refractivity contribution in [1.29, 1.82) is 0 Å². The number of ether oxygens (including phenoxy) is 1. The van der Waals surface area contributed by atoms with Crippen LogP contribution in [0.5, 0.6) is 5.75 Å². The lowest BCUT2D eigenvalue weighted by molar-refractivity contribution is 0.102. The Morgan fingerprint density at radius 2 is 2.04 bits per heavy atom. The van der Waals surface area contributed by atoms with Crippen LogP contribution >= 0.6 is 0 Å². The molecule has 0 radical (unpaired) electrons. The number of amides is 1. The van der Waals surface area contributed by atoms with Gasteiger partial charge in [0.1, 0.15) is 11.6 Å². The van der Waals surface area contributed by atoms with Gasteiger partial charge in [-0.15, -0.1) is 0 Å². The van der Waals surface area contributed by atoms with Crippen LogP contribution in [-0.4, -0.2) is 50.1 Å². The van der Waals surface area contributed by atoms with Crippen molar-refractivity contribution in [1.82, 2.24) is 9.88 Å². The smallest absolute Gasteiger partial charge is 0.257 e. The minimum absolute atomic E-state index is 0.212. The Bertz CT molecular complexity index is 699. The minimum Gasteiger partial charge on any atom is -0.495 e. The molecule has 0 saturated heterocycles. The van der Waals surface area contributed by atoms with Gasteiger partial charge in [0, 0.05) is 12.7 Å². The van der Waals surface area contributed by atoms with E-state index >= 15 is 0 Å². The maximum absolute atomic E-state index is 12.4. The number of benzene rings is 1. The molecule has 0 unspecified atom stereocenters. The van der Waals surface area contributed by atoms with Gasteiger partial charge in [0.2, 0.25) is 0 Å². The summed E-state index contributed by atoms with van der Waals surface area (Å²) in [6.45, 7) is 3.83. The van der Waals surface area contributed by atoms with E-state index in [1.807, 2.05) is 31.2 Å². The molecule has 0 atom stereocenters. The van der Waals surface area contributed by atoms with Gasteiger partial charge < -0.3 is 20.3 Å². The number of carbonyl (C=O) groups excluding carboxylic acids is 1. The monoisotopic (exact) mass is 342 g/mol. The number of nitrogens with zero attached hydrogens (tertiary/aromatic N) is 2. The zero-order chi connectivity index (χ0) is 18.2. The Hall–Kier alpha value is -2.60. The first-order valence-corrected chi connectivity index (χ1v) is 8.30. The number of rotatable bonds is 8. The Morgan fingerprint density at radius 3 is 2.68 bits per heavy atom.